The van der Waals surface area contributed by atoms with Gasteiger partial charge in [-0.1, -0.05) is 36.4 Å². The first-order valence-corrected chi connectivity index (χ1v) is 11.6. The molecule has 10 nitrogen and oxygen atoms in total. The largest absolute Gasteiger partial charge is 0.481 e. The van der Waals surface area contributed by atoms with Gasteiger partial charge in [-0.25, -0.2) is 8.78 Å². The molecule has 2 aromatic carbocycles. The second-order valence-corrected chi connectivity index (χ2v) is 8.25. The highest BCUT2D eigenvalue weighted by molar-refractivity contribution is 6.00. The lowest BCUT2D eigenvalue weighted by molar-refractivity contribution is -0.139. The third kappa shape index (κ3) is 8.35. The van der Waals surface area contributed by atoms with Crippen LogP contribution in [0.15, 0.2) is 60.7 Å². The lowest BCUT2D eigenvalue weighted by Crippen LogP contribution is -2.19. The van der Waals surface area contributed by atoms with E-state index in [0.29, 0.717) is 28.9 Å². The van der Waals surface area contributed by atoms with Crippen molar-refractivity contribution in [3.8, 4) is 0 Å². The van der Waals surface area contributed by atoms with Crippen molar-refractivity contribution in [2.75, 3.05) is 20.3 Å². The molecule has 12 heteroatoms. The fourth-order valence-electron chi connectivity index (χ4n) is 3.61. The van der Waals surface area contributed by atoms with Crippen molar-refractivity contribution in [3.05, 3.63) is 89.3 Å². The number of tetrazole rings is 1. The molecule has 0 fully saturated rings. The van der Waals surface area contributed by atoms with Crippen molar-refractivity contribution in [2.24, 2.45) is 0 Å². The van der Waals surface area contributed by atoms with E-state index >= 15 is 0 Å². The van der Waals surface area contributed by atoms with E-state index in [2.05, 4.69) is 15.5 Å². The lowest BCUT2D eigenvalue weighted by atomic mass is 9.91. The molecule has 0 aliphatic rings. The smallest absolute Gasteiger partial charge is 0.305 e. The van der Waals surface area contributed by atoms with Crippen LogP contribution in [-0.2, 0) is 21.0 Å². The highest BCUT2D eigenvalue weighted by Gasteiger charge is 2.20. The number of aliphatic carboxylic acids is 1. The Kier molecular flexibility index (Phi) is 10.7. The molecule has 3 N–H and O–H groups in total. The Morgan fingerprint density at radius 3 is 2.18 bits per heavy atom. The van der Waals surface area contributed by atoms with Crippen LogP contribution in [0.2, 0.25) is 0 Å². The minimum Gasteiger partial charge on any atom is -0.481 e. The number of aliphatic hydroxyl groups is 2. The first-order chi connectivity index (χ1) is 18.3. The van der Waals surface area contributed by atoms with Crippen LogP contribution in [0.3, 0.4) is 0 Å². The quantitative estimate of drug-likeness (QED) is 0.212. The summed E-state index contributed by atoms with van der Waals surface area (Å²) in [5.41, 5.74) is 1.96. The number of allylic oxidation sites excluding steroid dienone is 2. The molecule has 3 aromatic rings. The molecule has 0 aliphatic heterocycles. The van der Waals surface area contributed by atoms with Gasteiger partial charge in [0.25, 0.3) is 0 Å². The van der Waals surface area contributed by atoms with Gasteiger partial charge >= 0.3 is 5.97 Å². The monoisotopic (exact) mass is 530 g/mol. The van der Waals surface area contributed by atoms with E-state index in [9.17, 15) is 23.8 Å². The second-order valence-electron chi connectivity index (χ2n) is 8.25. The molecule has 1 heterocycles. The summed E-state index contributed by atoms with van der Waals surface area (Å²) in [6.07, 6.45) is -0.377. The molecule has 0 amide bonds. The Hall–Kier alpha value is -3.84. The predicted molar refractivity (Wildman–Crippen MR) is 132 cm³/mol. The van der Waals surface area contributed by atoms with Gasteiger partial charge in [0.15, 0.2) is 5.82 Å². The average molecular weight is 531 g/mol. The van der Waals surface area contributed by atoms with Gasteiger partial charge in [0.05, 0.1) is 31.8 Å². The van der Waals surface area contributed by atoms with E-state index in [0.717, 1.165) is 0 Å². The summed E-state index contributed by atoms with van der Waals surface area (Å²) in [5, 5.41) is 41.1. The first-order valence-electron chi connectivity index (χ1n) is 11.6. The molecule has 0 saturated carbocycles. The average Bonchev–Trinajstić information content (AvgIpc) is 3.33. The molecule has 2 atom stereocenters. The number of carboxylic acid groups (broad SMARTS) is 1. The molecule has 0 spiro atoms. The SMILES string of the molecule is COCCOCn1nnnc1C(/C=C/[C@@H](O)C[C@@H](O)CC(=O)O)=C(c1ccc(F)cc1)c1ccc(F)cc1. The van der Waals surface area contributed by atoms with Crippen LogP contribution in [-0.4, -0.2) is 74.0 Å². The molecular formula is C26H28F2N4O6. The molecule has 38 heavy (non-hydrogen) atoms. The summed E-state index contributed by atoms with van der Waals surface area (Å²) in [6.45, 7) is 0.581. The van der Waals surface area contributed by atoms with Crippen LogP contribution < -0.4 is 0 Å². The van der Waals surface area contributed by atoms with E-state index < -0.39 is 36.2 Å². The van der Waals surface area contributed by atoms with Gasteiger partial charge < -0.3 is 24.8 Å². The van der Waals surface area contributed by atoms with Crippen LogP contribution >= 0.6 is 0 Å². The molecule has 0 radical (unpaired) electrons. The molecule has 0 unspecified atom stereocenters. The van der Waals surface area contributed by atoms with Crippen LogP contribution in [0.4, 0.5) is 8.78 Å². The number of aromatic nitrogens is 4. The first kappa shape index (κ1) is 28.7. The normalized spacial score (nSPS) is 13.0. The lowest BCUT2D eigenvalue weighted by Gasteiger charge is -2.16. The number of methoxy groups -OCH3 is 1. The fourth-order valence-corrected chi connectivity index (χ4v) is 3.61. The maximum atomic E-state index is 13.8. The van der Waals surface area contributed by atoms with E-state index in [1.807, 2.05) is 0 Å². The summed E-state index contributed by atoms with van der Waals surface area (Å²) in [5.74, 6) is -1.88. The van der Waals surface area contributed by atoms with E-state index in [1.54, 1.807) is 0 Å². The van der Waals surface area contributed by atoms with Crippen molar-refractivity contribution in [2.45, 2.75) is 31.8 Å². The van der Waals surface area contributed by atoms with Crippen LogP contribution in [0.25, 0.3) is 11.1 Å². The molecule has 0 aliphatic carbocycles. The number of hydrogen-bond donors (Lipinski definition) is 3. The number of rotatable bonds is 14. The van der Waals surface area contributed by atoms with Crippen molar-refractivity contribution in [3.63, 3.8) is 0 Å². The number of hydrogen-bond acceptors (Lipinski definition) is 8. The summed E-state index contributed by atoms with van der Waals surface area (Å²) >= 11 is 0. The molecule has 202 valence electrons. The number of carbonyl (C=O) groups is 1. The highest BCUT2D eigenvalue weighted by atomic mass is 19.1. The minimum absolute atomic E-state index is 0.0387. The highest BCUT2D eigenvalue weighted by Crippen LogP contribution is 2.33. The van der Waals surface area contributed by atoms with Gasteiger partial charge in [-0.15, -0.1) is 5.10 Å². The number of aliphatic hydroxyl groups excluding tert-OH is 2. The molecular weight excluding hydrogens is 502 g/mol. The topological polar surface area (TPSA) is 140 Å². The molecule has 0 bridgehead atoms. The Labute approximate surface area is 217 Å². The number of ether oxygens (including phenoxy) is 2. The summed E-state index contributed by atoms with van der Waals surface area (Å²) in [6, 6.07) is 11.2. The Bertz CT molecular complexity index is 1200. The Morgan fingerprint density at radius 1 is 1.03 bits per heavy atom. The zero-order valence-electron chi connectivity index (χ0n) is 20.6. The van der Waals surface area contributed by atoms with Crippen LogP contribution in [0.1, 0.15) is 29.8 Å². The molecule has 1 aromatic heterocycles. The van der Waals surface area contributed by atoms with E-state index in [1.165, 1.54) is 72.5 Å². The van der Waals surface area contributed by atoms with E-state index in [-0.39, 0.29) is 25.6 Å². The summed E-state index contributed by atoms with van der Waals surface area (Å²) in [7, 11) is 1.54. The van der Waals surface area contributed by atoms with Gasteiger partial charge in [-0.3, -0.25) is 4.79 Å². The van der Waals surface area contributed by atoms with Gasteiger partial charge in [0.2, 0.25) is 0 Å². The number of benzene rings is 2. The maximum Gasteiger partial charge on any atom is 0.305 e. The summed E-state index contributed by atoms with van der Waals surface area (Å²) in [4.78, 5) is 10.9. The zero-order chi connectivity index (χ0) is 27.5. The minimum atomic E-state index is -1.27. The number of carboxylic acids is 1. The van der Waals surface area contributed by atoms with Crippen LogP contribution in [0, 0.1) is 11.6 Å². The maximum absolute atomic E-state index is 13.8. The van der Waals surface area contributed by atoms with Gasteiger partial charge in [0, 0.05) is 19.1 Å². The molecule has 0 saturated heterocycles. The van der Waals surface area contributed by atoms with Crippen molar-refractivity contribution >= 4 is 17.1 Å². The third-order valence-corrected chi connectivity index (χ3v) is 5.36. The zero-order valence-corrected chi connectivity index (χ0v) is 20.6. The van der Waals surface area contributed by atoms with Crippen molar-refractivity contribution in [1.82, 2.24) is 20.2 Å². The second kappa shape index (κ2) is 14.2. The van der Waals surface area contributed by atoms with E-state index in [4.69, 9.17) is 14.6 Å². The van der Waals surface area contributed by atoms with Gasteiger partial charge in [-0.05, 0) is 51.4 Å². The number of halogens is 2. The molecule has 3 rings (SSSR count). The van der Waals surface area contributed by atoms with Gasteiger partial charge in [0.1, 0.15) is 18.4 Å². The third-order valence-electron chi connectivity index (χ3n) is 5.36. The van der Waals surface area contributed by atoms with Crippen molar-refractivity contribution in [1.29, 1.82) is 0 Å². The van der Waals surface area contributed by atoms with Gasteiger partial charge in [-0.2, -0.15) is 4.68 Å². The van der Waals surface area contributed by atoms with Crippen LogP contribution in [0.5, 0.6) is 0 Å². The van der Waals surface area contributed by atoms with Crippen molar-refractivity contribution < 1.29 is 38.4 Å². The number of nitrogens with zero attached hydrogens (tertiary/aromatic N) is 4. The Morgan fingerprint density at radius 2 is 1.63 bits per heavy atom. The Balaban J connectivity index is 2.13. The predicted octanol–water partition coefficient (Wildman–Crippen LogP) is 2.67. The fraction of sp³-hybridized carbons (Fsp3) is 0.308. The summed E-state index contributed by atoms with van der Waals surface area (Å²) < 4.78 is 39.4. The standard InChI is InChI=1S/C26H28F2N4O6/c1-37-12-13-38-16-32-26(29-30-31-32)23(11-10-21(33)14-22(34)15-24(35)36)25(17-2-6-19(27)7-3-17)18-4-8-20(28)9-5-18/h2-11,21-22,33-34H,12-16H2,1H3,(H,35,36)/b11-10+/t21-,22-/m1/s1.